The Hall–Kier alpha value is -3.06. The van der Waals surface area contributed by atoms with Crippen LogP contribution >= 0.6 is 0 Å². The van der Waals surface area contributed by atoms with Gasteiger partial charge >= 0.3 is 0 Å². The van der Waals surface area contributed by atoms with Gasteiger partial charge in [0.2, 0.25) is 0 Å². The highest BCUT2D eigenvalue weighted by Gasteiger charge is 2.17. The standard InChI is InChI=1S/C17H14FN3O3/c18-11-7-5-10(6-8-11)14(22)9-21-17(24)13-4-2-1-3-12(13)15(20-21)16(19)23/h1-8,14,22H,9H2,(H2,19,23)/t14-/m0/s1. The first-order valence-electron chi connectivity index (χ1n) is 7.20. The second-order valence-corrected chi connectivity index (χ2v) is 5.31. The van der Waals surface area contributed by atoms with Crippen LogP contribution in [0.1, 0.15) is 22.2 Å². The van der Waals surface area contributed by atoms with Gasteiger partial charge in [0, 0.05) is 5.39 Å². The molecule has 1 aromatic heterocycles. The minimum absolute atomic E-state index is 0.0449. The fourth-order valence-electron chi connectivity index (χ4n) is 2.50. The first-order valence-corrected chi connectivity index (χ1v) is 7.20. The lowest BCUT2D eigenvalue weighted by Crippen LogP contribution is -2.29. The Kier molecular flexibility index (Phi) is 4.09. The summed E-state index contributed by atoms with van der Waals surface area (Å²) in [4.78, 5) is 24.1. The van der Waals surface area contributed by atoms with Crippen LogP contribution in [0.25, 0.3) is 10.8 Å². The number of carbonyl (C=O) groups is 1. The van der Waals surface area contributed by atoms with Crippen molar-refractivity contribution in [1.29, 1.82) is 0 Å². The third kappa shape index (κ3) is 2.89. The number of rotatable bonds is 4. The molecule has 2 aromatic carbocycles. The molecule has 0 saturated carbocycles. The maximum Gasteiger partial charge on any atom is 0.274 e. The molecule has 0 saturated heterocycles. The van der Waals surface area contributed by atoms with Crippen LogP contribution in [0.4, 0.5) is 4.39 Å². The van der Waals surface area contributed by atoms with Gasteiger partial charge in [-0.3, -0.25) is 9.59 Å². The van der Waals surface area contributed by atoms with E-state index in [9.17, 15) is 19.1 Å². The number of aromatic nitrogens is 2. The van der Waals surface area contributed by atoms with Gasteiger partial charge in [-0.2, -0.15) is 5.10 Å². The SMILES string of the molecule is NC(=O)c1nn(C[C@H](O)c2ccc(F)cc2)c(=O)c2ccccc12. The lowest BCUT2D eigenvalue weighted by atomic mass is 10.1. The van der Waals surface area contributed by atoms with Crippen molar-refractivity contribution in [1.82, 2.24) is 9.78 Å². The number of nitrogens with two attached hydrogens (primary N) is 1. The van der Waals surface area contributed by atoms with Gasteiger partial charge in [-0.15, -0.1) is 0 Å². The first-order chi connectivity index (χ1) is 11.5. The van der Waals surface area contributed by atoms with Gasteiger partial charge in [-0.25, -0.2) is 9.07 Å². The van der Waals surface area contributed by atoms with E-state index in [2.05, 4.69) is 5.10 Å². The first kappa shape index (κ1) is 15.8. The summed E-state index contributed by atoms with van der Waals surface area (Å²) in [5.41, 5.74) is 5.27. The second-order valence-electron chi connectivity index (χ2n) is 5.31. The molecule has 1 amide bonds. The van der Waals surface area contributed by atoms with Gasteiger partial charge in [-0.1, -0.05) is 30.3 Å². The predicted molar refractivity (Wildman–Crippen MR) is 85.9 cm³/mol. The smallest absolute Gasteiger partial charge is 0.274 e. The molecule has 3 rings (SSSR count). The number of benzene rings is 2. The van der Waals surface area contributed by atoms with Crippen molar-refractivity contribution in [2.75, 3.05) is 0 Å². The number of nitrogens with zero attached hydrogens (tertiary/aromatic N) is 2. The number of aliphatic hydroxyl groups excluding tert-OH is 1. The lowest BCUT2D eigenvalue weighted by Gasteiger charge is -2.14. The molecule has 0 fully saturated rings. The van der Waals surface area contributed by atoms with Crippen LogP contribution < -0.4 is 11.3 Å². The summed E-state index contributed by atoms with van der Waals surface area (Å²) in [5, 5.41) is 14.9. The van der Waals surface area contributed by atoms with E-state index in [1.807, 2.05) is 0 Å². The summed E-state index contributed by atoms with van der Waals surface area (Å²) < 4.78 is 14.0. The zero-order chi connectivity index (χ0) is 17.3. The highest BCUT2D eigenvalue weighted by molar-refractivity contribution is 6.03. The van der Waals surface area contributed by atoms with Crippen LogP contribution in [0.3, 0.4) is 0 Å². The number of hydrogen-bond acceptors (Lipinski definition) is 4. The number of hydrogen-bond donors (Lipinski definition) is 2. The normalized spacial score (nSPS) is 12.2. The minimum atomic E-state index is -1.09. The van der Waals surface area contributed by atoms with Crippen LogP contribution in [0.15, 0.2) is 53.3 Å². The van der Waals surface area contributed by atoms with Gasteiger partial charge in [0.1, 0.15) is 5.82 Å². The Labute approximate surface area is 136 Å². The monoisotopic (exact) mass is 327 g/mol. The summed E-state index contributed by atoms with van der Waals surface area (Å²) in [6.45, 7) is -0.185. The zero-order valence-electron chi connectivity index (χ0n) is 12.5. The molecule has 122 valence electrons. The molecule has 0 radical (unpaired) electrons. The van der Waals surface area contributed by atoms with E-state index in [4.69, 9.17) is 5.73 Å². The molecule has 0 unspecified atom stereocenters. The Morgan fingerprint density at radius 2 is 1.79 bits per heavy atom. The zero-order valence-corrected chi connectivity index (χ0v) is 12.5. The summed E-state index contributed by atoms with van der Waals surface area (Å²) >= 11 is 0. The average molecular weight is 327 g/mol. The average Bonchev–Trinajstić information content (AvgIpc) is 2.57. The van der Waals surface area contributed by atoms with Crippen molar-refractivity contribution >= 4 is 16.7 Å². The maximum absolute atomic E-state index is 13.0. The third-order valence-electron chi connectivity index (χ3n) is 3.70. The van der Waals surface area contributed by atoms with Crippen molar-refractivity contribution in [2.45, 2.75) is 12.6 Å². The van der Waals surface area contributed by atoms with Crippen molar-refractivity contribution in [3.8, 4) is 0 Å². The van der Waals surface area contributed by atoms with Crippen LogP contribution in [0.2, 0.25) is 0 Å². The molecule has 0 aliphatic carbocycles. The van der Waals surface area contributed by atoms with E-state index in [1.54, 1.807) is 24.3 Å². The van der Waals surface area contributed by atoms with E-state index in [1.165, 1.54) is 24.3 Å². The molecule has 0 aliphatic heterocycles. The van der Waals surface area contributed by atoms with Gasteiger partial charge in [0.05, 0.1) is 18.0 Å². The maximum atomic E-state index is 13.0. The summed E-state index contributed by atoms with van der Waals surface area (Å²) in [7, 11) is 0. The summed E-state index contributed by atoms with van der Waals surface area (Å²) in [6.07, 6.45) is -1.09. The molecule has 1 heterocycles. The molecule has 1 atom stereocenters. The number of carbonyl (C=O) groups excluding carboxylic acids is 1. The van der Waals surface area contributed by atoms with Gasteiger partial charge < -0.3 is 10.8 Å². The Bertz CT molecular complexity index is 967. The van der Waals surface area contributed by atoms with Gasteiger partial charge in [0.15, 0.2) is 5.69 Å². The second kappa shape index (κ2) is 6.21. The molecule has 3 N–H and O–H groups in total. The lowest BCUT2D eigenvalue weighted by molar-refractivity contribution is 0.0991. The molecule has 0 aliphatic rings. The molecule has 7 heteroatoms. The number of aliphatic hydroxyl groups is 1. The van der Waals surface area contributed by atoms with E-state index in [0.717, 1.165) is 4.68 Å². The third-order valence-corrected chi connectivity index (χ3v) is 3.70. The highest BCUT2D eigenvalue weighted by atomic mass is 19.1. The quantitative estimate of drug-likeness (QED) is 0.756. The minimum Gasteiger partial charge on any atom is -0.386 e. The molecule has 0 spiro atoms. The van der Waals surface area contributed by atoms with Crippen LogP contribution in [-0.4, -0.2) is 20.8 Å². The van der Waals surface area contributed by atoms with Gasteiger partial charge in [-0.05, 0) is 23.8 Å². The fraction of sp³-hybridized carbons (Fsp3) is 0.118. The molecular formula is C17H14FN3O3. The molecule has 24 heavy (non-hydrogen) atoms. The predicted octanol–water partition coefficient (Wildman–Crippen LogP) is 1.37. The topological polar surface area (TPSA) is 98.2 Å². The van der Waals surface area contributed by atoms with Crippen molar-refractivity contribution in [2.24, 2.45) is 5.73 Å². The highest BCUT2D eigenvalue weighted by Crippen LogP contribution is 2.17. The summed E-state index contributed by atoms with van der Waals surface area (Å²) in [5.74, 6) is -1.20. The van der Waals surface area contributed by atoms with Crippen molar-refractivity contribution in [3.63, 3.8) is 0 Å². The number of fused-ring (bicyclic) bond motifs is 1. The van der Waals surface area contributed by atoms with Crippen molar-refractivity contribution < 1.29 is 14.3 Å². The Balaban J connectivity index is 2.06. The fourth-order valence-corrected chi connectivity index (χ4v) is 2.50. The molecule has 6 nitrogen and oxygen atoms in total. The molecular weight excluding hydrogens is 313 g/mol. The van der Waals surface area contributed by atoms with Crippen LogP contribution in [-0.2, 0) is 6.54 Å². The van der Waals surface area contributed by atoms with Crippen LogP contribution in [0.5, 0.6) is 0 Å². The number of halogens is 1. The summed E-state index contributed by atoms with van der Waals surface area (Å²) in [6, 6.07) is 11.7. The largest absolute Gasteiger partial charge is 0.386 e. The van der Waals surface area contributed by atoms with E-state index in [-0.39, 0.29) is 17.6 Å². The number of amides is 1. The van der Waals surface area contributed by atoms with Crippen LogP contribution in [0, 0.1) is 5.82 Å². The van der Waals surface area contributed by atoms with E-state index >= 15 is 0 Å². The van der Waals surface area contributed by atoms with E-state index < -0.39 is 23.4 Å². The Morgan fingerprint density at radius 3 is 2.42 bits per heavy atom. The van der Waals surface area contributed by atoms with Gasteiger partial charge in [0.25, 0.3) is 11.5 Å². The Morgan fingerprint density at radius 1 is 1.17 bits per heavy atom. The van der Waals surface area contributed by atoms with Crippen molar-refractivity contribution in [3.05, 3.63) is 76.0 Å². The number of primary amides is 1. The molecule has 3 aromatic rings. The molecule has 0 bridgehead atoms. The van der Waals surface area contributed by atoms with E-state index in [0.29, 0.717) is 10.9 Å².